The van der Waals surface area contributed by atoms with Gasteiger partial charge >= 0.3 is 6.18 Å². The van der Waals surface area contributed by atoms with Crippen molar-refractivity contribution in [3.05, 3.63) is 47.0 Å². The summed E-state index contributed by atoms with van der Waals surface area (Å²) in [6.07, 6.45) is -4.47. The average Bonchev–Trinajstić information content (AvgIpc) is 2.84. The second kappa shape index (κ2) is 5.44. The Balaban J connectivity index is 2.16. The smallest absolute Gasteiger partial charge is 0.288 e. The van der Waals surface area contributed by atoms with Crippen LogP contribution in [0.5, 0.6) is 0 Å². The molecule has 1 amide bonds. The predicted molar refractivity (Wildman–Crippen MR) is 77.2 cm³/mol. The first-order valence-electron chi connectivity index (χ1n) is 6.67. The largest absolute Gasteiger partial charge is 0.409 e. The fourth-order valence-corrected chi connectivity index (χ4v) is 2.89. The molecule has 0 spiro atoms. The first-order valence-corrected chi connectivity index (χ1v) is 7.05. The van der Waals surface area contributed by atoms with Crippen molar-refractivity contribution in [2.24, 2.45) is 0 Å². The summed E-state index contributed by atoms with van der Waals surface area (Å²) >= 11 is 5.93. The molecule has 3 nitrogen and oxygen atoms in total. The molecule has 0 saturated carbocycles. The van der Waals surface area contributed by atoms with E-state index in [0.29, 0.717) is 15.8 Å². The van der Waals surface area contributed by atoms with Gasteiger partial charge in [0.2, 0.25) is 5.91 Å². The molecule has 3 rings (SSSR count). The van der Waals surface area contributed by atoms with Crippen LogP contribution in [0.25, 0.3) is 10.8 Å². The van der Waals surface area contributed by atoms with E-state index in [1.165, 1.54) is 12.1 Å². The Morgan fingerprint density at radius 3 is 2.64 bits per heavy atom. The van der Waals surface area contributed by atoms with Crippen molar-refractivity contribution in [2.75, 3.05) is 6.54 Å². The number of rotatable bonds is 2. The third kappa shape index (κ3) is 2.76. The van der Waals surface area contributed by atoms with Crippen LogP contribution in [0, 0.1) is 0 Å². The van der Waals surface area contributed by atoms with E-state index in [-0.39, 0.29) is 18.5 Å². The van der Waals surface area contributed by atoms with Crippen LogP contribution in [0.15, 0.2) is 36.4 Å². The molecule has 1 aliphatic heterocycles. The molecule has 2 aromatic carbocycles. The molecule has 116 valence electrons. The van der Waals surface area contributed by atoms with Gasteiger partial charge in [0.15, 0.2) is 6.04 Å². The van der Waals surface area contributed by atoms with E-state index in [1.54, 1.807) is 24.3 Å². The first kappa shape index (κ1) is 15.1. The maximum atomic E-state index is 13.6. The molecule has 1 N–H and O–H groups in total. The van der Waals surface area contributed by atoms with E-state index in [1.807, 2.05) is 0 Å². The number of amides is 1. The summed E-state index contributed by atoms with van der Waals surface area (Å²) in [7, 11) is 0. The molecule has 7 heteroatoms. The number of nitrogens with one attached hydrogen (secondary N) is 1. The monoisotopic (exact) mass is 328 g/mol. The summed E-state index contributed by atoms with van der Waals surface area (Å²) in [5.41, 5.74) is 2.36. The lowest BCUT2D eigenvalue weighted by molar-refractivity contribution is -0.190. The molecule has 1 saturated heterocycles. The van der Waals surface area contributed by atoms with Gasteiger partial charge in [0, 0.05) is 18.0 Å². The number of carbonyl (C=O) groups excluding carboxylic acids is 1. The molecule has 1 heterocycles. The topological polar surface area (TPSA) is 32.3 Å². The highest BCUT2D eigenvalue weighted by atomic mass is 35.5. The van der Waals surface area contributed by atoms with Gasteiger partial charge in [-0.25, -0.2) is 5.01 Å². The Hall–Kier alpha value is -1.79. The summed E-state index contributed by atoms with van der Waals surface area (Å²) in [4.78, 5) is 11.3. The molecule has 22 heavy (non-hydrogen) atoms. The number of carbonyl (C=O) groups is 1. The van der Waals surface area contributed by atoms with E-state index in [9.17, 15) is 18.0 Å². The standard InChI is InChI=1S/C15H12ClF3N2O/c16-10-5-4-9-2-1-3-11(12(9)8-10)14(15(17,18)19)21-7-6-13(22)20-21/h1-5,8,14H,6-7H2,(H,20,22)/t14-/m0/s1. The van der Waals surface area contributed by atoms with Crippen molar-refractivity contribution in [1.82, 2.24) is 10.4 Å². The van der Waals surface area contributed by atoms with Gasteiger partial charge in [-0.1, -0.05) is 35.9 Å². The Bertz CT molecular complexity index is 732. The zero-order valence-electron chi connectivity index (χ0n) is 11.3. The molecule has 0 bridgehead atoms. The third-order valence-electron chi connectivity index (χ3n) is 3.64. The number of nitrogens with zero attached hydrogens (tertiary/aromatic N) is 1. The van der Waals surface area contributed by atoms with Crippen molar-refractivity contribution in [3.8, 4) is 0 Å². The second-order valence-corrected chi connectivity index (χ2v) is 5.57. The lowest BCUT2D eigenvalue weighted by Gasteiger charge is -2.30. The minimum Gasteiger partial charge on any atom is -0.288 e. The van der Waals surface area contributed by atoms with Gasteiger partial charge in [0.05, 0.1) is 0 Å². The number of fused-ring (bicyclic) bond motifs is 1. The van der Waals surface area contributed by atoms with Crippen molar-refractivity contribution in [1.29, 1.82) is 0 Å². The van der Waals surface area contributed by atoms with Crippen LogP contribution in [0.1, 0.15) is 18.0 Å². The van der Waals surface area contributed by atoms with E-state index in [4.69, 9.17) is 11.6 Å². The van der Waals surface area contributed by atoms with Crippen LogP contribution in [0.3, 0.4) is 0 Å². The molecule has 0 radical (unpaired) electrons. The molecule has 1 atom stereocenters. The fraction of sp³-hybridized carbons (Fsp3) is 0.267. The van der Waals surface area contributed by atoms with E-state index in [0.717, 1.165) is 5.01 Å². The van der Waals surface area contributed by atoms with Crippen LogP contribution in [0.2, 0.25) is 5.02 Å². The molecule has 0 aliphatic carbocycles. The van der Waals surface area contributed by atoms with Gasteiger partial charge in [-0.05, 0) is 28.5 Å². The molecule has 1 fully saturated rings. The predicted octanol–water partition coefficient (Wildman–Crippen LogP) is 3.83. The highest BCUT2D eigenvalue weighted by Crippen LogP contribution is 2.41. The second-order valence-electron chi connectivity index (χ2n) is 5.14. The van der Waals surface area contributed by atoms with E-state index < -0.39 is 18.1 Å². The van der Waals surface area contributed by atoms with Crippen LogP contribution < -0.4 is 5.43 Å². The normalized spacial score (nSPS) is 17.7. The van der Waals surface area contributed by atoms with Gasteiger partial charge in [-0.2, -0.15) is 13.2 Å². The number of benzene rings is 2. The van der Waals surface area contributed by atoms with Crippen molar-refractivity contribution in [3.63, 3.8) is 0 Å². The molecular weight excluding hydrogens is 317 g/mol. The van der Waals surface area contributed by atoms with E-state index in [2.05, 4.69) is 5.43 Å². The van der Waals surface area contributed by atoms with Crippen molar-refractivity contribution in [2.45, 2.75) is 18.6 Å². The highest BCUT2D eigenvalue weighted by molar-refractivity contribution is 6.31. The number of hydrogen-bond acceptors (Lipinski definition) is 2. The third-order valence-corrected chi connectivity index (χ3v) is 3.88. The van der Waals surface area contributed by atoms with Gasteiger partial charge in [0.25, 0.3) is 0 Å². The molecular formula is C15H12ClF3N2O. The Morgan fingerprint density at radius 2 is 2.00 bits per heavy atom. The highest BCUT2D eigenvalue weighted by Gasteiger charge is 2.47. The van der Waals surface area contributed by atoms with Gasteiger partial charge < -0.3 is 0 Å². The zero-order valence-corrected chi connectivity index (χ0v) is 12.1. The maximum absolute atomic E-state index is 13.6. The van der Waals surface area contributed by atoms with Gasteiger partial charge in [-0.3, -0.25) is 10.2 Å². The first-order chi connectivity index (χ1) is 10.4. The van der Waals surface area contributed by atoms with Gasteiger partial charge in [0.1, 0.15) is 0 Å². The Labute approximate surface area is 129 Å². The molecule has 0 unspecified atom stereocenters. The SMILES string of the molecule is O=C1CCN([C@@H](c2cccc3ccc(Cl)cc23)C(F)(F)F)N1. The Morgan fingerprint density at radius 1 is 1.23 bits per heavy atom. The summed E-state index contributed by atoms with van der Waals surface area (Å²) in [6, 6.07) is 7.64. The van der Waals surface area contributed by atoms with Crippen LogP contribution in [-0.4, -0.2) is 23.6 Å². The van der Waals surface area contributed by atoms with E-state index >= 15 is 0 Å². The zero-order chi connectivity index (χ0) is 15.9. The van der Waals surface area contributed by atoms with Gasteiger partial charge in [-0.15, -0.1) is 0 Å². The lowest BCUT2D eigenvalue weighted by atomic mass is 9.98. The Kier molecular flexibility index (Phi) is 3.74. The lowest BCUT2D eigenvalue weighted by Crippen LogP contribution is -2.43. The van der Waals surface area contributed by atoms with Crippen LogP contribution in [-0.2, 0) is 4.79 Å². The van der Waals surface area contributed by atoms with Crippen molar-refractivity contribution < 1.29 is 18.0 Å². The minimum absolute atomic E-state index is 0.0139. The van der Waals surface area contributed by atoms with Crippen LogP contribution >= 0.6 is 11.6 Å². The molecule has 1 aliphatic rings. The number of alkyl halides is 3. The molecule has 0 aromatic heterocycles. The van der Waals surface area contributed by atoms with Crippen LogP contribution in [0.4, 0.5) is 13.2 Å². The van der Waals surface area contributed by atoms with Crippen molar-refractivity contribution >= 4 is 28.3 Å². The number of hydrazine groups is 1. The summed E-state index contributed by atoms with van der Waals surface area (Å²) in [6.45, 7) is 0.0139. The summed E-state index contributed by atoms with van der Waals surface area (Å²) < 4.78 is 40.8. The summed E-state index contributed by atoms with van der Waals surface area (Å²) in [5, 5.41) is 2.41. The summed E-state index contributed by atoms with van der Waals surface area (Å²) in [5.74, 6) is -0.410. The quantitative estimate of drug-likeness (QED) is 0.908. The average molecular weight is 329 g/mol. The fourth-order valence-electron chi connectivity index (χ4n) is 2.72. The molecule has 2 aromatic rings. The minimum atomic E-state index is -4.52. The number of halogens is 4. The number of hydrogen-bond donors (Lipinski definition) is 1. The maximum Gasteiger partial charge on any atom is 0.409 e.